The summed E-state index contributed by atoms with van der Waals surface area (Å²) in [4.78, 5) is 30.6. The Kier molecular flexibility index (Phi) is 6.22. The zero-order chi connectivity index (χ0) is 17.5. The van der Waals surface area contributed by atoms with E-state index in [0.717, 1.165) is 51.1 Å². The fraction of sp³-hybridized carbons (Fsp3) is 0.611. The number of hydrogen-bond donors (Lipinski definition) is 3. The monoisotopic (exact) mass is 345 g/mol. The van der Waals surface area contributed by atoms with Crippen molar-refractivity contribution >= 4 is 17.6 Å². The SMILES string of the molecule is O=C(CN1CC[C@H](CNc2ccccn2)C1)N[C@@H]1CCCCNC1=O. The minimum Gasteiger partial charge on any atom is -0.370 e. The van der Waals surface area contributed by atoms with Gasteiger partial charge >= 0.3 is 0 Å². The summed E-state index contributed by atoms with van der Waals surface area (Å²) in [6.45, 7) is 3.75. The van der Waals surface area contributed by atoms with Crippen molar-refractivity contribution in [2.45, 2.75) is 31.7 Å². The van der Waals surface area contributed by atoms with Gasteiger partial charge in [-0.15, -0.1) is 0 Å². The molecule has 0 unspecified atom stereocenters. The van der Waals surface area contributed by atoms with Gasteiger partial charge in [0.1, 0.15) is 11.9 Å². The molecule has 2 aliphatic heterocycles. The molecule has 0 radical (unpaired) electrons. The zero-order valence-corrected chi connectivity index (χ0v) is 14.5. The van der Waals surface area contributed by atoms with Gasteiger partial charge in [0.05, 0.1) is 6.54 Å². The van der Waals surface area contributed by atoms with Gasteiger partial charge in [-0.2, -0.15) is 0 Å². The number of amides is 2. The molecule has 1 aromatic heterocycles. The summed E-state index contributed by atoms with van der Waals surface area (Å²) >= 11 is 0. The smallest absolute Gasteiger partial charge is 0.242 e. The highest BCUT2D eigenvalue weighted by Crippen LogP contribution is 2.16. The average molecular weight is 345 g/mol. The Hall–Kier alpha value is -2.15. The molecular weight excluding hydrogens is 318 g/mol. The van der Waals surface area contributed by atoms with Crippen molar-refractivity contribution in [1.29, 1.82) is 0 Å². The predicted octanol–water partition coefficient (Wildman–Crippen LogP) is 0.600. The summed E-state index contributed by atoms with van der Waals surface area (Å²) in [5.74, 6) is 1.29. The minimum absolute atomic E-state index is 0.0512. The largest absolute Gasteiger partial charge is 0.370 e. The van der Waals surface area contributed by atoms with Crippen LogP contribution in [0.25, 0.3) is 0 Å². The Balaban J connectivity index is 1.38. The molecule has 0 aromatic carbocycles. The number of aromatic nitrogens is 1. The molecule has 2 fully saturated rings. The van der Waals surface area contributed by atoms with Crippen LogP contribution >= 0.6 is 0 Å². The van der Waals surface area contributed by atoms with Crippen LogP contribution in [0.2, 0.25) is 0 Å². The van der Waals surface area contributed by atoms with Crippen LogP contribution in [-0.4, -0.2) is 60.5 Å². The number of rotatable bonds is 6. The number of nitrogens with zero attached hydrogens (tertiary/aromatic N) is 2. The number of pyridine rings is 1. The number of likely N-dealkylation sites (tertiary alicyclic amines) is 1. The van der Waals surface area contributed by atoms with Crippen LogP contribution in [0.15, 0.2) is 24.4 Å². The first-order valence-electron chi connectivity index (χ1n) is 9.15. The summed E-state index contributed by atoms with van der Waals surface area (Å²) < 4.78 is 0. The highest BCUT2D eigenvalue weighted by Gasteiger charge is 2.26. The quantitative estimate of drug-likeness (QED) is 0.703. The third-order valence-corrected chi connectivity index (χ3v) is 4.84. The Morgan fingerprint density at radius 2 is 2.24 bits per heavy atom. The first kappa shape index (κ1) is 17.7. The molecule has 0 spiro atoms. The molecule has 1 aromatic rings. The maximum Gasteiger partial charge on any atom is 0.242 e. The summed E-state index contributed by atoms with van der Waals surface area (Å²) in [5, 5.41) is 9.09. The van der Waals surface area contributed by atoms with E-state index in [2.05, 4.69) is 25.8 Å². The maximum absolute atomic E-state index is 12.3. The fourth-order valence-corrected chi connectivity index (χ4v) is 3.46. The highest BCUT2D eigenvalue weighted by molar-refractivity contribution is 5.88. The number of carbonyl (C=O) groups is 2. The second kappa shape index (κ2) is 8.80. The molecule has 3 heterocycles. The van der Waals surface area contributed by atoms with Crippen molar-refractivity contribution in [2.75, 3.05) is 38.0 Å². The van der Waals surface area contributed by atoms with Crippen LogP contribution in [0, 0.1) is 5.92 Å². The van der Waals surface area contributed by atoms with Gasteiger partial charge in [-0.05, 0) is 50.3 Å². The molecule has 136 valence electrons. The first-order chi connectivity index (χ1) is 12.2. The molecule has 0 saturated carbocycles. The summed E-state index contributed by atoms with van der Waals surface area (Å²) in [7, 11) is 0. The van der Waals surface area contributed by atoms with Gasteiger partial charge in [-0.1, -0.05) is 6.07 Å². The van der Waals surface area contributed by atoms with E-state index in [9.17, 15) is 9.59 Å². The molecule has 2 atom stereocenters. The second-order valence-electron chi connectivity index (χ2n) is 6.89. The zero-order valence-electron chi connectivity index (χ0n) is 14.5. The number of hydrogen-bond acceptors (Lipinski definition) is 5. The van der Waals surface area contributed by atoms with E-state index in [-0.39, 0.29) is 17.9 Å². The lowest BCUT2D eigenvalue weighted by Crippen LogP contribution is -2.48. The Labute approximate surface area is 148 Å². The fourth-order valence-electron chi connectivity index (χ4n) is 3.46. The molecule has 7 nitrogen and oxygen atoms in total. The summed E-state index contributed by atoms with van der Waals surface area (Å²) in [6, 6.07) is 5.44. The normalized spacial score (nSPS) is 24.4. The molecule has 2 saturated heterocycles. The lowest BCUT2D eigenvalue weighted by molar-refractivity contribution is -0.129. The van der Waals surface area contributed by atoms with Crippen LogP contribution in [0.5, 0.6) is 0 Å². The Morgan fingerprint density at radius 3 is 3.08 bits per heavy atom. The van der Waals surface area contributed by atoms with Crippen molar-refractivity contribution in [2.24, 2.45) is 5.92 Å². The third-order valence-electron chi connectivity index (χ3n) is 4.84. The molecule has 3 N–H and O–H groups in total. The van der Waals surface area contributed by atoms with Gasteiger partial charge < -0.3 is 16.0 Å². The molecule has 0 aliphatic carbocycles. The minimum atomic E-state index is -0.376. The highest BCUT2D eigenvalue weighted by atomic mass is 16.2. The van der Waals surface area contributed by atoms with Crippen LogP contribution in [0.3, 0.4) is 0 Å². The Morgan fingerprint density at radius 1 is 1.32 bits per heavy atom. The molecule has 25 heavy (non-hydrogen) atoms. The predicted molar refractivity (Wildman–Crippen MR) is 96.1 cm³/mol. The molecule has 0 bridgehead atoms. The van der Waals surface area contributed by atoms with E-state index >= 15 is 0 Å². The lowest BCUT2D eigenvalue weighted by atomic mass is 10.1. The van der Waals surface area contributed by atoms with Crippen molar-refractivity contribution < 1.29 is 9.59 Å². The molecule has 2 aliphatic rings. The van der Waals surface area contributed by atoms with Gasteiger partial charge in [-0.25, -0.2) is 4.98 Å². The van der Waals surface area contributed by atoms with E-state index in [1.54, 1.807) is 6.20 Å². The number of nitrogens with one attached hydrogen (secondary N) is 3. The number of carbonyl (C=O) groups excluding carboxylic acids is 2. The van der Waals surface area contributed by atoms with Crippen LogP contribution in [0.1, 0.15) is 25.7 Å². The van der Waals surface area contributed by atoms with Crippen molar-refractivity contribution in [1.82, 2.24) is 20.5 Å². The van der Waals surface area contributed by atoms with E-state index in [1.807, 2.05) is 18.2 Å². The topological polar surface area (TPSA) is 86.4 Å². The van der Waals surface area contributed by atoms with Crippen molar-refractivity contribution in [3.63, 3.8) is 0 Å². The van der Waals surface area contributed by atoms with E-state index in [4.69, 9.17) is 0 Å². The van der Waals surface area contributed by atoms with Gasteiger partial charge in [0.15, 0.2) is 0 Å². The average Bonchev–Trinajstić information content (AvgIpc) is 2.96. The van der Waals surface area contributed by atoms with Gasteiger partial charge in [-0.3, -0.25) is 14.5 Å². The number of anilines is 1. The van der Waals surface area contributed by atoms with Gasteiger partial charge in [0.2, 0.25) is 11.8 Å². The lowest BCUT2D eigenvalue weighted by Gasteiger charge is -2.19. The molecular formula is C18H27N5O2. The third kappa shape index (κ3) is 5.42. The van der Waals surface area contributed by atoms with Crippen molar-refractivity contribution in [3.05, 3.63) is 24.4 Å². The van der Waals surface area contributed by atoms with Crippen LogP contribution in [0.4, 0.5) is 5.82 Å². The maximum atomic E-state index is 12.3. The standard InChI is InChI=1S/C18H27N5O2/c24-17(22-15-5-1-3-9-20-18(15)25)13-23-10-7-14(12-23)11-21-16-6-2-4-8-19-16/h2,4,6,8,14-15H,1,3,5,7,9-13H2,(H,19,21)(H,20,25)(H,22,24)/t14-,15-/m1/s1. The molecule has 7 heteroatoms. The van der Waals surface area contributed by atoms with Gasteiger partial charge in [0, 0.05) is 25.8 Å². The van der Waals surface area contributed by atoms with E-state index in [0.29, 0.717) is 19.0 Å². The summed E-state index contributed by atoms with van der Waals surface area (Å²) in [6.07, 6.45) is 5.52. The first-order valence-corrected chi connectivity index (χ1v) is 9.15. The van der Waals surface area contributed by atoms with E-state index in [1.165, 1.54) is 0 Å². The van der Waals surface area contributed by atoms with E-state index < -0.39 is 0 Å². The Bertz CT molecular complexity index is 580. The van der Waals surface area contributed by atoms with Crippen LogP contribution in [-0.2, 0) is 9.59 Å². The summed E-state index contributed by atoms with van der Waals surface area (Å²) in [5.41, 5.74) is 0. The molecule has 2 amide bonds. The van der Waals surface area contributed by atoms with Crippen molar-refractivity contribution in [3.8, 4) is 0 Å². The second-order valence-corrected chi connectivity index (χ2v) is 6.89. The molecule has 3 rings (SSSR count). The van der Waals surface area contributed by atoms with Gasteiger partial charge in [0.25, 0.3) is 0 Å². The van der Waals surface area contributed by atoms with Crippen LogP contribution < -0.4 is 16.0 Å².